The minimum Gasteiger partial charge on any atom is -0.457 e. The number of aromatic amines is 1. The number of carbonyl (C=O) groups is 1. The van der Waals surface area contributed by atoms with Crippen LogP contribution in [0.25, 0.3) is 10.9 Å². The Balaban J connectivity index is 1.64. The van der Waals surface area contributed by atoms with Gasteiger partial charge in [0.15, 0.2) is 0 Å². The summed E-state index contributed by atoms with van der Waals surface area (Å²) in [4.78, 5) is 25.9. The van der Waals surface area contributed by atoms with Crippen LogP contribution in [0.15, 0.2) is 54.7 Å². The van der Waals surface area contributed by atoms with E-state index in [9.17, 15) is 14.9 Å². The summed E-state index contributed by atoms with van der Waals surface area (Å²) in [5.74, 6) is -0.379. The first-order valence-corrected chi connectivity index (χ1v) is 8.04. The Morgan fingerprint density at radius 3 is 2.72 bits per heavy atom. The molecule has 1 N–H and O–H groups in total. The fourth-order valence-corrected chi connectivity index (χ4v) is 2.89. The molecule has 3 rings (SSSR count). The molecule has 0 saturated heterocycles. The van der Waals surface area contributed by atoms with Gasteiger partial charge in [-0.05, 0) is 31.0 Å². The maximum atomic E-state index is 12.1. The number of H-pyrrole nitrogens is 1. The van der Waals surface area contributed by atoms with Gasteiger partial charge >= 0.3 is 5.97 Å². The van der Waals surface area contributed by atoms with E-state index >= 15 is 0 Å². The van der Waals surface area contributed by atoms with Crippen LogP contribution in [-0.4, -0.2) is 15.9 Å². The number of aryl methyl sites for hydroxylation is 1. The molecule has 128 valence electrons. The van der Waals surface area contributed by atoms with Crippen LogP contribution in [0.3, 0.4) is 0 Å². The Bertz CT molecular complexity index is 916. The molecule has 0 spiro atoms. The monoisotopic (exact) mass is 338 g/mol. The molecule has 0 aliphatic heterocycles. The van der Waals surface area contributed by atoms with Gasteiger partial charge in [0.05, 0.1) is 10.5 Å². The molecule has 0 radical (unpaired) electrons. The van der Waals surface area contributed by atoms with Crippen molar-refractivity contribution in [2.75, 3.05) is 0 Å². The second-order valence-electron chi connectivity index (χ2n) is 5.81. The summed E-state index contributed by atoms with van der Waals surface area (Å²) >= 11 is 0. The standard InChI is InChI=1S/C19H18N2O4/c1-13(15-6-3-5-9-18(15)21(23)24)25-19(22)11-10-14-12-20-17-8-4-2-7-16(14)17/h2-9,12-13,20H,10-11H2,1H3. The molecule has 1 aromatic heterocycles. The van der Waals surface area contributed by atoms with Crippen LogP contribution in [0.1, 0.15) is 30.6 Å². The topological polar surface area (TPSA) is 85.2 Å². The molecular weight excluding hydrogens is 320 g/mol. The van der Waals surface area contributed by atoms with Crippen LogP contribution in [-0.2, 0) is 16.0 Å². The molecule has 1 atom stereocenters. The van der Waals surface area contributed by atoms with E-state index in [0.717, 1.165) is 16.5 Å². The number of aromatic nitrogens is 1. The summed E-state index contributed by atoms with van der Waals surface area (Å²) in [6.45, 7) is 1.64. The summed E-state index contributed by atoms with van der Waals surface area (Å²) in [5.41, 5.74) is 2.43. The molecule has 0 aliphatic rings. The number of rotatable bonds is 6. The van der Waals surface area contributed by atoms with Crippen molar-refractivity contribution in [1.82, 2.24) is 4.98 Å². The number of fused-ring (bicyclic) bond motifs is 1. The van der Waals surface area contributed by atoms with Crippen LogP contribution < -0.4 is 0 Å². The third-order valence-corrected chi connectivity index (χ3v) is 4.15. The molecular formula is C19H18N2O4. The van der Waals surface area contributed by atoms with Gasteiger partial charge in [0, 0.05) is 29.6 Å². The van der Waals surface area contributed by atoms with Gasteiger partial charge in [0.2, 0.25) is 0 Å². The number of benzene rings is 2. The predicted octanol–water partition coefficient (Wildman–Crippen LogP) is 4.31. The van der Waals surface area contributed by atoms with Crippen LogP contribution in [0, 0.1) is 10.1 Å². The molecule has 25 heavy (non-hydrogen) atoms. The second-order valence-corrected chi connectivity index (χ2v) is 5.81. The molecule has 0 fully saturated rings. The van der Waals surface area contributed by atoms with E-state index in [1.54, 1.807) is 25.1 Å². The van der Waals surface area contributed by atoms with Gasteiger partial charge < -0.3 is 9.72 Å². The van der Waals surface area contributed by atoms with E-state index in [2.05, 4.69) is 4.98 Å². The number of esters is 1. The highest BCUT2D eigenvalue weighted by Crippen LogP contribution is 2.27. The van der Waals surface area contributed by atoms with E-state index in [0.29, 0.717) is 12.0 Å². The summed E-state index contributed by atoms with van der Waals surface area (Å²) < 4.78 is 5.38. The largest absolute Gasteiger partial charge is 0.457 e. The van der Waals surface area contributed by atoms with Crippen molar-refractivity contribution in [3.8, 4) is 0 Å². The summed E-state index contributed by atoms with van der Waals surface area (Å²) in [6.07, 6.45) is 1.99. The zero-order valence-corrected chi connectivity index (χ0v) is 13.8. The van der Waals surface area contributed by atoms with E-state index in [-0.39, 0.29) is 18.1 Å². The van der Waals surface area contributed by atoms with E-state index < -0.39 is 11.0 Å². The van der Waals surface area contributed by atoms with Crippen LogP contribution >= 0.6 is 0 Å². The lowest BCUT2D eigenvalue weighted by molar-refractivity contribution is -0.386. The smallest absolute Gasteiger partial charge is 0.306 e. The van der Waals surface area contributed by atoms with Gasteiger partial charge in [-0.2, -0.15) is 0 Å². The highest BCUT2D eigenvalue weighted by Gasteiger charge is 2.21. The number of nitrogens with zero attached hydrogens (tertiary/aromatic N) is 1. The highest BCUT2D eigenvalue weighted by atomic mass is 16.6. The number of nitro benzene ring substituents is 1. The normalized spacial score (nSPS) is 12.0. The van der Waals surface area contributed by atoms with Gasteiger partial charge in [0.25, 0.3) is 5.69 Å². The van der Waals surface area contributed by atoms with Crippen molar-refractivity contribution in [1.29, 1.82) is 0 Å². The number of ether oxygens (including phenoxy) is 1. The Morgan fingerprint density at radius 2 is 1.92 bits per heavy atom. The number of nitrogens with one attached hydrogen (secondary N) is 1. The molecule has 6 nitrogen and oxygen atoms in total. The lowest BCUT2D eigenvalue weighted by Crippen LogP contribution is -2.11. The molecule has 0 aliphatic carbocycles. The van der Waals surface area contributed by atoms with Gasteiger partial charge in [-0.3, -0.25) is 14.9 Å². The van der Waals surface area contributed by atoms with Gasteiger partial charge in [-0.1, -0.05) is 30.3 Å². The summed E-state index contributed by atoms with van der Waals surface area (Å²) in [5, 5.41) is 12.2. The number of hydrogen-bond donors (Lipinski definition) is 1. The minimum absolute atomic E-state index is 0.0422. The number of hydrogen-bond acceptors (Lipinski definition) is 4. The summed E-state index contributed by atoms with van der Waals surface area (Å²) in [6, 6.07) is 14.2. The third-order valence-electron chi connectivity index (χ3n) is 4.15. The quantitative estimate of drug-likeness (QED) is 0.412. The van der Waals surface area contributed by atoms with Gasteiger partial charge in [-0.15, -0.1) is 0 Å². The van der Waals surface area contributed by atoms with Crippen LogP contribution in [0.2, 0.25) is 0 Å². The Labute approximate surface area is 144 Å². The SMILES string of the molecule is CC(OC(=O)CCc1c[nH]c2ccccc12)c1ccccc1[N+](=O)[O-]. The highest BCUT2D eigenvalue weighted by molar-refractivity contribution is 5.83. The average molecular weight is 338 g/mol. The third kappa shape index (κ3) is 3.68. The molecule has 3 aromatic rings. The van der Waals surface area contributed by atoms with Crippen molar-refractivity contribution in [2.24, 2.45) is 0 Å². The first kappa shape index (κ1) is 16.7. The molecule has 1 heterocycles. The van der Waals surface area contributed by atoms with Crippen molar-refractivity contribution < 1.29 is 14.5 Å². The first-order valence-electron chi connectivity index (χ1n) is 8.04. The maximum absolute atomic E-state index is 12.1. The van der Waals surface area contributed by atoms with Gasteiger partial charge in [-0.25, -0.2) is 0 Å². The maximum Gasteiger partial charge on any atom is 0.306 e. The molecule has 0 saturated carbocycles. The van der Waals surface area contributed by atoms with Crippen molar-refractivity contribution in [3.63, 3.8) is 0 Å². The van der Waals surface area contributed by atoms with E-state index in [4.69, 9.17) is 4.74 Å². The molecule has 0 amide bonds. The molecule has 0 bridgehead atoms. The van der Waals surface area contributed by atoms with Crippen molar-refractivity contribution in [3.05, 3.63) is 76.0 Å². The average Bonchev–Trinajstić information content (AvgIpc) is 3.03. The molecule has 2 aromatic carbocycles. The minimum atomic E-state index is -0.669. The fraction of sp³-hybridized carbons (Fsp3) is 0.211. The Morgan fingerprint density at radius 1 is 1.20 bits per heavy atom. The fourth-order valence-electron chi connectivity index (χ4n) is 2.89. The van der Waals surface area contributed by atoms with Crippen LogP contribution in [0.5, 0.6) is 0 Å². The van der Waals surface area contributed by atoms with Crippen molar-refractivity contribution in [2.45, 2.75) is 25.9 Å². The van der Waals surface area contributed by atoms with Crippen LogP contribution in [0.4, 0.5) is 5.69 Å². The zero-order valence-electron chi connectivity index (χ0n) is 13.8. The predicted molar refractivity (Wildman–Crippen MR) is 94.2 cm³/mol. The number of carbonyl (C=O) groups excluding carboxylic acids is 1. The zero-order chi connectivity index (χ0) is 17.8. The Hall–Kier alpha value is -3.15. The number of para-hydroxylation sites is 2. The van der Waals surface area contributed by atoms with Crippen molar-refractivity contribution >= 4 is 22.6 Å². The second kappa shape index (κ2) is 7.17. The van der Waals surface area contributed by atoms with E-state index in [1.165, 1.54) is 6.07 Å². The van der Waals surface area contributed by atoms with E-state index in [1.807, 2.05) is 30.5 Å². The molecule has 6 heteroatoms. The lowest BCUT2D eigenvalue weighted by Gasteiger charge is -2.13. The first-order chi connectivity index (χ1) is 12.1. The summed E-state index contributed by atoms with van der Waals surface area (Å²) in [7, 11) is 0. The van der Waals surface area contributed by atoms with Gasteiger partial charge in [0.1, 0.15) is 6.10 Å². The Kier molecular flexibility index (Phi) is 4.79. The number of nitro groups is 1. The lowest BCUT2D eigenvalue weighted by atomic mass is 10.1. The molecule has 1 unspecified atom stereocenters.